The molecule has 1 heterocycles. The van der Waals surface area contributed by atoms with E-state index in [2.05, 4.69) is 19.2 Å². The minimum absolute atomic E-state index is 0.0720. The molecule has 0 fully saturated rings. The molecule has 0 aromatic heterocycles. The Morgan fingerprint density at radius 1 is 1.14 bits per heavy atom. The number of hydrogen-bond donors (Lipinski definition) is 1. The van der Waals surface area contributed by atoms with Crippen LogP contribution in [0.3, 0.4) is 0 Å². The van der Waals surface area contributed by atoms with Gasteiger partial charge < -0.3 is 5.32 Å². The number of para-hydroxylation sites is 2. The number of rotatable bonds is 1. The first-order valence-corrected chi connectivity index (χ1v) is 9.82. The third-order valence-electron chi connectivity index (χ3n) is 5.40. The number of carbonyl (C=O) groups excluding carboxylic acids is 2. The summed E-state index contributed by atoms with van der Waals surface area (Å²) in [6, 6.07) is 14.6. The molecule has 0 saturated heterocycles. The van der Waals surface area contributed by atoms with Crippen molar-refractivity contribution in [3.63, 3.8) is 0 Å². The Labute approximate surface area is 170 Å². The molecular weight excluding hydrogens is 372 g/mol. The largest absolute Gasteiger partial charge is 0.357 e. The normalized spacial score (nSPS) is 20.8. The van der Waals surface area contributed by atoms with Crippen molar-refractivity contribution < 1.29 is 9.59 Å². The summed E-state index contributed by atoms with van der Waals surface area (Å²) in [6.07, 6.45) is 1.19. The number of amides is 1. The fourth-order valence-electron chi connectivity index (χ4n) is 4.33. The maximum absolute atomic E-state index is 13.3. The van der Waals surface area contributed by atoms with Gasteiger partial charge in [-0.15, -0.1) is 0 Å². The summed E-state index contributed by atoms with van der Waals surface area (Å²) in [5.41, 5.74) is 3.85. The molecule has 0 spiro atoms. The summed E-state index contributed by atoms with van der Waals surface area (Å²) in [6.45, 7) is 5.74. The molecule has 5 heteroatoms. The summed E-state index contributed by atoms with van der Waals surface area (Å²) in [5.74, 6) is -0.0478. The summed E-state index contributed by atoms with van der Waals surface area (Å²) >= 11 is 6.27. The van der Waals surface area contributed by atoms with Crippen LogP contribution in [0.25, 0.3) is 0 Å². The standard InChI is InChI=1S/C23H23ClN2O2/c1-14(27)26-19-10-5-4-9-17(19)25-18-12-23(2,3)13-20(28)21(18)22(26)15-7-6-8-16(24)11-15/h4-11,22,25H,12-13H2,1-3H3/t22-/m0/s1. The molecule has 2 aliphatic rings. The number of carbonyl (C=O) groups is 2. The molecule has 4 rings (SSSR count). The van der Waals surface area contributed by atoms with Gasteiger partial charge in [0.25, 0.3) is 0 Å². The Kier molecular flexibility index (Phi) is 4.54. The van der Waals surface area contributed by atoms with E-state index in [9.17, 15) is 9.59 Å². The molecular formula is C23H23ClN2O2. The molecule has 4 nitrogen and oxygen atoms in total. The van der Waals surface area contributed by atoms with E-state index in [1.165, 1.54) is 6.92 Å². The number of allylic oxidation sites excluding steroid dienone is 1. The average Bonchev–Trinajstić information content (AvgIpc) is 2.74. The number of ketones is 1. The summed E-state index contributed by atoms with van der Waals surface area (Å²) < 4.78 is 0. The van der Waals surface area contributed by atoms with Crippen molar-refractivity contribution in [2.45, 2.75) is 39.7 Å². The van der Waals surface area contributed by atoms with Crippen LogP contribution in [0.2, 0.25) is 5.02 Å². The van der Waals surface area contributed by atoms with Gasteiger partial charge in [-0.25, -0.2) is 0 Å². The van der Waals surface area contributed by atoms with Crippen molar-refractivity contribution in [3.05, 3.63) is 70.4 Å². The van der Waals surface area contributed by atoms with Crippen molar-refractivity contribution >= 4 is 34.7 Å². The molecule has 1 atom stereocenters. The van der Waals surface area contributed by atoms with E-state index in [4.69, 9.17) is 11.6 Å². The maximum Gasteiger partial charge on any atom is 0.224 e. The van der Waals surface area contributed by atoms with Crippen molar-refractivity contribution in [3.8, 4) is 0 Å². The highest BCUT2D eigenvalue weighted by Crippen LogP contribution is 2.48. The molecule has 0 radical (unpaired) electrons. The molecule has 1 aliphatic heterocycles. The lowest BCUT2D eigenvalue weighted by atomic mass is 9.73. The summed E-state index contributed by atoms with van der Waals surface area (Å²) in [5, 5.41) is 4.06. The number of benzene rings is 2. The molecule has 0 unspecified atom stereocenters. The number of anilines is 2. The highest BCUT2D eigenvalue weighted by Gasteiger charge is 2.42. The van der Waals surface area contributed by atoms with E-state index >= 15 is 0 Å². The highest BCUT2D eigenvalue weighted by atomic mass is 35.5. The van der Waals surface area contributed by atoms with E-state index in [-0.39, 0.29) is 17.1 Å². The molecule has 1 amide bonds. The molecule has 1 aliphatic carbocycles. The third kappa shape index (κ3) is 3.22. The average molecular weight is 395 g/mol. The number of fused-ring (bicyclic) bond motifs is 1. The number of hydrogen-bond acceptors (Lipinski definition) is 3. The van der Waals surface area contributed by atoms with Crippen LogP contribution in [-0.4, -0.2) is 11.7 Å². The monoisotopic (exact) mass is 394 g/mol. The van der Waals surface area contributed by atoms with Crippen molar-refractivity contribution in [1.29, 1.82) is 0 Å². The van der Waals surface area contributed by atoms with E-state index in [0.717, 1.165) is 29.1 Å². The van der Waals surface area contributed by atoms with Crippen LogP contribution in [0.1, 0.15) is 45.2 Å². The Morgan fingerprint density at radius 3 is 2.61 bits per heavy atom. The van der Waals surface area contributed by atoms with Gasteiger partial charge in [-0.3, -0.25) is 14.5 Å². The van der Waals surface area contributed by atoms with Gasteiger partial charge in [0.2, 0.25) is 5.91 Å². The zero-order chi connectivity index (χ0) is 20.1. The molecule has 2 aromatic rings. The van der Waals surface area contributed by atoms with Gasteiger partial charge in [-0.2, -0.15) is 0 Å². The predicted molar refractivity (Wildman–Crippen MR) is 112 cm³/mol. The second-order valence-electron chi connectivity index (χ2n) is 8.32. The number of Topliss-reactive ketones (excluding diaryl/α,β-unsaturated/α-hetero) is 1. The second kappa shape index (κ2) is 6.78. The van der Waals surface area contributed by atoms with Gasteiger partial charge >= 0.3 is 0 Å². The Bertz CT molecular complexity index is 1010. The lowest BCUT2D eigenvalue weighted by Gasteiger charge is -2.36. The van der Waals surface area contributed by atoms with Gasteiger partial charge in [0.1, 0.15) is 0 Å². The molecule has 1 N–H and O–H groups in total. The van der Waals surface area contributed by atoms with Gasteiger partial charge in [-0.05, 0) is 41.7 Å². The second-order valence-corrected chi connectivity index (χ2v) is 8.76. The van der Waals surface area contributed by atoms with Crippen LogP contribution in [0, 0.1) is 5.41 Å². The van der Waals surface area contributed by atoms with Gasteiger partial charge in [-0.1, -0.05) is 49.7 Å². The highest BCUT2D eigenvalue weighted by molar-refractivity contribution is 6.30. The van der Waals surface area contributed by atoms with Crippen LogP contribution in [0.4, 0.5) is 11.4 Å². The van der Waals surface area contributed by atoms with Gasteiger partial charge in [0, 0.05) is 29.6 Å². The molecule has 0 bridgehead atoms. The summed E-state index contributed by atoms with van der Waals surface area (Å²) in [7, 11) is 0. The first kappa shape index (κ1) is 18.8. The van der Waals surface area contributed by atoms with Crippen molar-refractivity contribution in [2.24, 2.45) is 5.41 Å². The maximum atomic E-state index is 13.3. The molecule has 144 valence electrons. The van der Waals surface area contributed by atoms with E-state index in [1.54, 1.807) is 11.0 Å². The predicted octanol–water partition coefficient (Wildman–Crippen LogP) is 5.50. The number of nitrogens with zero attached hydrogens (tertiary/aromatic N) is 1. The van der Waals surface area contributed by atoms with Crippen LogP contribution in [0.5, 0.6) is 0 Å². The van der Waals surface area contributed by atoms with Crippen molar-refractivity contribution in [2.75, 3.05) is 10.2 Å². The Hall–Kier alpha value is -2.59. The zero-order valence-electron chi connectivity index (χ0n) is 16.3. The third-order valence-corrected chi connectivity index (χ3v) is 5.64. The first-order valence-electron chi connectivity index (χ1n) is 9.44. The quantitative estimate of drug-likeness (QED) is 0.694. The Balaban J connectivity index is 2.02. The van der Waals surface area contributed by atoms with E-state index in [0.29, 0.717) is 17.0 Å². The molecule has 28 heavy (non-hydrogen) atoms. The fraction of sp³-hybridized carbons (Fsp3) is 0.304. The zero-order valence-corrected chi connectivity index (χ0v) is 17.0. The van der Waals surface area contributed by atoms with Gasteiger partial charge in [0.15, 0.2) is 5.78 Å². The summed E-state index contributed by atoms with van der Waals surface area (Å²) in [4.78, 5) is 27.9. The lowest BCUT2D eigenvalue weighted by Crippen LogP contribution is -2.38. The topological polar surface area (TPSA) is 49.4 Å². The van der Waals surface area contributed by atoms with Crippen LogP contribution >= 0.6 is 11.6 Å². The minimum atomic E-state index is -0.508. The van der Waals surface area contributed by atoms with Crippen LogP contribution < -0.4 is 10.2 Å². The van der Waals surface area contributed by atoms with Gasteiger partial charge in [0.05, 0.1) is 17.4 Å². The van der Waals surface area contributed by atoms with E-state index in [1.807, 2.05) is 42.5 Å². The Morgan fingerprint density at radius 2 is 1.89 bits per heavy atom. The van der Waals surface area contributed by atoms with Crippen molar-refractivity contribution in [1.82, 2.24) is 0 Å². The smallest absolute Gasteiger partial charge is 0.224 e. The number of nitrogens with one attached hydrogen (secondary N) is 1. The van der Waals surface area contributed by atoms with E-state index < -0.39 is 6.04 Å². The minimum Gasteiger partial charge on any atom is -0.357 e. The first-order chi connectivity index (χ1) is 13.3. The number of halogens is 1. The fourth-order valence-corrected chi connectivity index (χ4v) is 4.53. The molecule has 2 aromatic carbocycles. The van der Waals surface area contributed by atoms with Crippen LogP contribution in [0.15, 0.2) is 59.8 Å². The van der Waals surface area contributed by atoms with Crippen LogP contribution in [-0.2, 0) is 9.59 Å². The molecule has 0 saturated carbocycles. The SMILES string of the molecule is CC(=O)N1c2ccccc2NC2=C(C(=O)CC(C)(C)C2)[C@@H]1c1cccc(Cl)c1. The lowest BCUT2D eigenvalue weighted by molar-refractivity contribution is -0.118.